The lowest BCUT2D eigenvalue weighted by Crippen LogP contribution is -2.11. The second-order valence-electron chi connectivity index (χ2n) is 16.5. The fraction of sp³-hybridized carbons (Fsp3) is 0.271. The Balaban J connectivity index is 0.995. The van der Waals surface area contributed by atoms with Crippen molar-refractivity contribution < 1.29 is 71.3 Å². The van der Waals surface area contributed by atoms with Crippen LogP contribution in [0, 0.1) is 0 Å². The molecule has 0 saturated heterocycles. The van der Waals surface area contributed by atoms with E-state index in [1.807, 2.05) is 49.4 Å². The molecule has 74 heavy (non-hydrogen) atoms. The van der Waals surface area contributed by atoms with E-state index in [1.165, 1.54) is 18.2 Å². The van der Waals surface area contributed by atoms with Crippen LogP contribution < -0.4 is 33.2 Å². The van der Waals surface area contributed by atoms with Crippen LogP contribution in [0.4, 0.5) is 0 Å². The number of hydrogen-bond donors (Lipinski definition) is 0. The molecule has 0 aliphatic rings. The third-order valence-electron chi connectivity index (χ3n) is 11.1. The summed E-state index contributed by atoms with van der Waals surface area (Å²) in [5.41, 5.74) is 1.32. The molecule has 15 nitrogen and oxygen atoms in total. The average Bonchev–Trinajstić information content (AvgIpc) is 3.41. The van der Waals surface area contributed by atoms with E-state index >= 15 is 0 Å². The van der Waals surface area contributed by atoms with Crippen molar-refractivity contribution in [3.63, 3.8) is 0 Å². The summed E-state index contributed by atoms with van der Waals surface area (Å²) < 4.78 is 56.3. The number of fused-ring (bicyclic) bond motifs is 2. The van der Waals surface area contributed by atoms with E-state index in [4.69, 9.17) is 47.4 Å². The number of rotatable bonds is 31. The third-order valence-corrected chi connectivity index (χ3v) is 11.1. The Morgan fingerprint density at radius 1 is 0.405 bits per heavy atom. The molecule has 0 heterocycles. The fourth-order valence-corrected chi connectivity index (χ4v) is 7.29. The largest absolute Gasteiger partial charge is 0.494 e. The van der Waals surface area contributed by atoms with Gasteiger partial charge in [-0.25, -0.2) is 24.0 Å². The zero-order chi connectivity index (χ0) is 52.5. The van der Waals surface area contributed by atoms with E-state index < -0.39 is 29.8 Å². The highest BCUT2D eigenvalue weighted by atomic mass is 16.7. The molecule has 0 unspecified atom stereocenters. The molecule has 386 valence electrons. The van der Waals surface area contributed by atoms with Gasteiger partial charge >= 0.3 is 29.8 Å². The standard InChI is InChI=1S/C59H60O15/c1-5-15-45-38-50(72-40-71-49-23-19-43-35-48(22-18-44(43)36-49)65-28-11-9-10-12-29-68-55(60)6-2)25-27-52(45)74-59(64)46-17-16-42-37-51(24-20-41(42)34-46)73-58(63)47-21-26-53(66-30-13-32-69-56(61)7-3)54(39-47)67-31-14-33-70-57(62)8-4/h6-8,16-27,34-39H,2-5,9-15,28-33,40H2,1H3. The molecule has 0 aliphatic heterocycles. The SMILES string of the molecule is C=CC(=O)OCCCCCCOc1ccc2cc(OCOc3ccc(OC(=O)c4ccc5cc(OC(=O)c6ccc(OCCCOC(=O)C=C)c(OCCCOC(=O)C=C)c6)ccc5c4)c(CCC)c3)ccc2c1. The van der Waals surface area contributed by atoms with E-state index in [0.29, 0.717) is 61.0 Å². The molecule has 0 fully saturated rings. The summed E-state index contributed by atoms with van der Waals surface area (Å²) in [6.45, 7) is 13.7. The van der Waals surface area contributed by atoms with E-state index in [9.17, 15) is 24.0 Å². The van der Waals surface area contributed by atoms with Crippen LogP contribution in [0.15, 0.2) is 147 Å². The van der Waals surface area contributed by atoms with Crippen molar-refractivity contribution in [2.24, 2.45) is 0 Å². The lowest BCUT2D eigenvalue weighted by Gasteiger charge is -2.14. The molecule has 0 aliphatic carbocycles. The topological polar surface area (TPSA) is 178 Å². The molecule has 6 aromatic rings. The maximum Gasteiger partial charge on any atom is 0.343 e. The first-order chi connectivity index (χ1) is 36.0. The summed E-state index contributed by atoms with van der Waals surface area (Å²) in [6.07, 6.45) is 9.15. The zero-order valence-corrected chi connectivity index (χ0v) is 41.5. The van der Waals surface area contributed by atoms with Crippen molar-refractivity contribution in [2.45, 2.75) is 58.3 Å². The number of unbranched alkanes of at least 4 members (excludes halogenated alkanes) is 3. The number of esters is 5. The second-order valence-corrected chi connectivity index (χ2v) is 16.5. The molecule has 15 heteroatoms. The van der Waals surface area contributed by atoms with Gasteiger partial charge in [-0.1, -0.05) is 57.3 Å². The molecular formula is C59H60O15. The Bertz CT molecular complexity index is 2920. The number of hydrogen-bond acceptors (Lipinski definition) is 15. The van der Waals surface area contributed by atoms with Crippen molar-refractivity contribution >= 4 is 51.4 Å². The van der Waals surface area contributed by atoms with Crippen LogP contribution in [0.25, 0.3) is 21.5 Å². The van der Waals surface area contributed by atoms with Gasteiger partial charge in [0.2, 0.25) is 6.79 Å². The molecule has 0 radical (unpaired) electrons. The molecule has 0 spiro atoms. The molecule has 6 aromatic carbocycles. The van der Waals surface area contributed by atoms with Gasteiger partial charge in [0, 0.05) is 31.1 Å². The van der Waals surface area contributed by atoms with Crippen molar-refractivity contribution in [3.05, 3.63) is 164 Å². The summed E-state index contributed by atoms with van der Waals surface area (Å²) in [7, 11) is 0. The van der Waals surface area contributed by atoms with Gasteiger partial charge in [-0.05, 0) is 144 Å². The molecule has 0 atom stereocenters. The smallest absolute Gasteiger partial charge is 0.343 e. The molecule has 0 bridgehead atoms. The first kappa shape index (κ1) is 54.7. The second kappa shape index (κ2) is 29.1. The summed E-state index contributed by atoms with van der Waals surface area (Å²) >= 11 is 0. The van der Waals surface area contributed by atoms with Gasteiger partial charge in [-0.2, -0.15) is 0 Å². The first-order valence-electron chi connectivity index (χ1n) is 24.4. The number of carbonyl (C=O) groups is 5. The molecular weight excluding hydrogens is 949 g/mol. The maximum absolute atomic E-state index is 13.5. The Morgan fingerprint density at radius 3 is 1.47 bits per heavy atom. The van der Waals surface area contributed by atoms with Crippen molar-refractivity contribution in [2.75, 3.05) is 46.4 Å². The summed E-state index contributed by atoms with van der Waals surface area (Å²) in [4.78, 5) is 60.8. The highest BCUT2D eigenvalue weighted by molar-refractivity contribution is 5.97. The molecule has 0 saturated carbocycles. The lowest BCUT2D eigenvalue weighted by atomic mass is 10.1. The van der Waals surface area contributed by atoms with Crippen LogP contribution in [0.5, 0.6) is 40.2 Å². The summed E-state index contributed by atoms with van der Waals surface area (Å²) in [6, 6.07) is 31.8. The monoisotopic (exact) mass is 1010 g/mol. The van der Waals surface area contributed by atoms with Gasteiger partial charge in [-0.15, -0.1) is 0 Å². The quantitative estimate of drug-likeness (QED) is 0.0100. The normalized spacial score (nSPS) is 10.7. The van der Waals surface area contributed by atoms with Crippen LogP contribution in [-0.4, -0.2) is 76.3 Å². The highest BCUT2D eigenvalue weighted by Gasteiger charge is 2.17. The first-order valence-corrected chi connectivity index (χ1v) is 24.4. The predicted octanol–water partition coefficient (Wildman–Crippen LogP) is 11.5. The van der Waals surface area contributed by atoms with Gasteiger partial charge < -0.3 is 47.4 Å². The zero-order valence-electron chi connectivity index (χ0n) is 41.5. The molecule has 0 amide bonds. The number of aryl methyl sites for hydroxylation is 1. The Kier molecular flexibility index (Phi) is 21.5. The van der Waals surface area contributed by atoms with Crippen LogP contribution in [0.3, 0.4) is 0 Å². The molecule has 0 N–H and O–H groups in total. The van der Waals surface area contributed by atoms with E-state index in [2.05, 4.69) is 19.7 Å². The van der Waals surface area contributed by atoms with Crippen LogP contribution in [0.1, 0.15) is 78.1 Å². The van der Waals surface area contributed by atoms with Crippen LogP contribution in [-0.2, 0) is 35.0 Å². The molecule has 6 rings (SSSR count). The lowest BCUT2D eigenvalue weighted by molar-refractivity contribution is -0.138. The Morgan fingerprint density at radius 2 is 0.851 bits per heavy atom. The Hall–Kier alpha value is -8.59. The van der Waals surface area contributed by atoms with E-state index in [1.54, 1.807) is 54.6 Å². The van der Waals surface area contributed by atoms with Gasteiger partial charge in [0.05, 0.1) is 50.8 Å². The van der Waals surface area contributed by atoms with Crippen LogP contribution in [0.2, 0.25) is 0 Å². The average molecular weight is 1010 g/mol. The van der Waals surface area contributed by atoms with E-state index in [0.717, 1.165) is 77.1 Å². The molecule has 0 aromatic heterocycles. The predicted molar refractivity (Wildman–Crippen MR) is 278 cm³/mol. The fourth-order valence-electron chi connectivity index (χ4n) is 7.29. The van der Waals surface area contributed by atoms with Gasteiger partial charge in [-0.3, -0.25) is 0 Å². The van der Waals surface area contributed by atoms with Gasteiger partial charge in [0.25, 0.3) is 0 Å². The van der Waals surface area contributed by atoms with E-state index in [-0.39, 0.29) is 50.3 Å². The summed E-state index contributed by atoms with van der Waals surface area (Å²) in [5, 5.41) is 3.45. The van der Waals surface area contributed by atoms with Gasteiger partial charge in [0.15, 0.2) is 11.5 Å². The summed E-state index contributed by atoms with van der Waals surface area (Å²) in [5.74, 6) is 0.622. The number of benzene rings is 6. The Labute approximate surface area is 430 Å². The minimum atomic E-state index is -0.654. The maximum atomic E-state index is 13.5. The highest BCUT2D eigenvalue weighted by Crippen LogP contribution is 2.32. The van der Waals surface area contributed by atoms with Crippen molar-refractivity contribution in [1.82, 2.24) is 0 Å². The van der Waals surface area contributed by atoms with Crippen LogP contribution >= 0.6 is 0 Å². The minimum absolute atomic E-state index is 0.0377. The number of ether oxygens (including phenoxy) is 10. The minimum Gasteiger partial charge on any atom is -0.494 e. The van der Waals surface area contributed by atoms with Crippen molar-refractivity contribution in [3.8, 4) is 40.2 Å². The van der Waals surface area contributed by atoms with Gasteiger partial charge in [0.1, 0.15) is 28.7 Å². The third kappa shape index (κ3) is 17.3. The van der Waals surface area contributed by atoms with Crippen molar-refractivity contribution in [1.29, 1.82) is 0 Å². The number of carbonyl (C=O) groups excluding carboxylic acids is 5.